The van der Waals surface area contributed by atoms with Gasteiger partial charge in [0, 0.05) is 11.8 Å². The molecule has 0 fully saturated rings. The zero-order valence-corrected chi connectivity index (χ0v) is 10.1. The van der Waals surface area contributed by atoms with E-state index in [0.29, 0.717) is 12.1 Å². The number of hydrogen-bond acceptors (Lipinski definition) is 1. The quantitative estimate of drug-likeness (QED) is 0.797. The van der Waals surface area contributed by atoms with E-state index in [1.165, 1.54) is 0 Å². The van der Waals surface area contributed by atoms with Crippen LogP contribution in [0.3, 0.4) is 0 Å². The third-order valence-electron chi connectivity index (χ3n) is 2.70. The third-order valence-corrected chi connectivity index (χ3v) is 2.70. The Balaban J connectivity index is 2.15. The summed E-state index contributed by atoms with van der Waals surface area (Å²) in [6, 6.07) is 19.1. The van der Waals surface area contributed by atoms with Gasteiger partial charge in [0.25, 0.3) is 5.91 Å². The maximum absolute atomic E-state index is 12.2. The Morgan fingerprint density at radius 3 is 2.11 bits per heavy atom. The highest BCUT2D eigenvalue weighted by atomic mass is 16.2. The molecule has 0 aliphatic carbocycles. The maximum Gasteiger partial charge on any atom is 0.258 e. The second kappa shape index (κ2) is 5.82. The first-order valence-electron chi connectivity index (χ1n) is 5.84. The molecule has 2 aromatic carbocycles. The van der Waals surface area contributed by atoms with E-state index < -0.39 is 0 Å². The van der Waals surface area contributed by atoms with Gasteiger partial charge >= 0.3 is 0 Å². The second-order valence-electron chi connectivity index (χ2n) is 3.97. The number of carbonyl (C=O) groups is 1. The molecule has 0 aliphatic rings. The van der Waals surface area contributed by atoms with Crippen LogP contribution in [-0.2, 0) is 6.54 Å². The van der Waals surface area contributed by atoms with E-state index in [9.17, 15) is 4.79 Å². The molecule has 0 saturated heterocycles. The topological polar surface area (TPSA) is 20.3 Å². The minimum Gasteiger partial charge on any atom is -0.311 e. The molecule has 2 rings (SSSR count). The lowest BCUT2D eigenvalue weighted by Gasteiger charge is -2.18. The molecule has 2 aromatic rings. The van der Waals surface area contributed by atoms with Gasteiger partial charge in [-0.15, -0.1) is 0 Å². The standard InChI is InChI=1S/C16H15NO/c1-2-17(13-14-9-5-3-6-10-14)16(18)15-11-7-4-8-12-15/h2-12H,1,13H2. The van der Waals surface area contributed by atoms with Crippen LogP contribution < -0.4 is 0 Å². The summed E-state index contributed by atoms with van der Waals surface area (Å²) in [4.78, 5) is 13.9. The van der Waals surface area contributed by atoms with Crippen molar-refractivity contribution in [1.82, 2.24) is 4.90 Å². The maximum atomic E-state index is 12.2. The van der Waals surface area contributed by atoms with Crippen molar-refractivity contribution in [3.63, 3.8) is 0 Å². The van der Waals surface area contributed by atoms with Gasteiger partial charge in [-0.2, -0.15) is 0 Å². The molecular formula is C16H15NO. The summed E-state index contributed by atoms with van der Waals surface area (Å²) < 4.78 is 0. The first-order valence-corrected chi connectivity index (χ1v) is 5.84. The van der Waals surface area contributed by atoms with Crippen LogP contribution in [0, 0.1) is 0 Å². The minimum absolute atomic E-state index is 0.0329. The Bertz CT molecular complexity index is 519. The van der Waals surface area contributed by atoms with Crippen molar-refractivity contribution in [2.45, 2.75) is 6.54 Å². The summed E-state index contributed by atoms with van der Waals surface area (Å²) in [6.45, 7) is 4.25. The number of carbonyl (C=O) groups excluding carboxylic acids is 1. The van der Waals surface area contributed by atoms with Crippen molar-refractivity contribution in [2.75, 3.05) is 0 Å². The molecular weight excluding hydrogens is 222 g/mol. The fraction of sp³-hybridized carbons (Fsp3) is 0.0625. The zero-order chi connectivity index (χ0) is 12.8. The molecule has 0 atom stereocenters. The van der Waals surface area contributed by atoms with E-state index in [4.69, 9.17) is 0 Å². The van der Waals surface area contributed by atoms with E-state index in [1.807, 2.05) is 60.7 Å². The van der Waals surface area contributed by atoms with Gasteiger partial charge in [-0.1, -0.05) is 55.1 Å². The molecule has 0 N–H and O–H groups in total. The predicted molar refractivity (Wildman–Crippen MR) is 73.0 cm³/mol. The van der Waals surface area contributed by atoms with Gasteiger partial charge in [-0.05, 0) is 17.7 Å². The lowest BCUT2D eigenvalue weighted by Crippen LogP contribution is -2.24. The molecule has 0 aliphatic heterocycles. The van der Waals surface area contributed by atoms with Gasteiger partial charge in [0.05, 0.1) is 6.54 Å². The van der Waals surface area contributed by atoms with Crippen LogP contribution in [0.1, 0.15) is 15.9 Å². The SMILES string of the molecule is C=CN(Cc1ccccc1)C(=O)c1ccccc1. The number of benzene rings is 2. The largest absolute Gasteiger partial charge is 0.311 e. The van der Waals surface area contributed by atoms with Crippen molar-refractivity contribution >= 4 is 5.91 Å². The van der Waals surface area contributed by atoms with Crippen molar-refractivity contribution < 1.29 is 4.79 Å². The van der Waals surface area contributed by atoms with E-state index in [-0.39, 0.29) is 5.91 Å². The molecule has 2 nitrogen and oxygen atoms in total. The average Bonchev–Trinajstić information content (AvgIpc) is 2.46. The minimum atomic E-state index is -0.0329. The van der Waals surface area contributed by atoms with E-state index >= 15 is 0 Å². The van der Waals surface area contributed by atoms with Crippen LogP contribution in [-0.4, -0.2) is 10.8 Å². The summed E-state index contributed by atoms with van der Waals surface area (Å²) >= 11 is 0. The van der Waals surface area contributed by atoms with Crippen molar-refractivity contribution in [1.29, 1.82) is 0 Å². The Labute approximate surface area is 107 Å². The lowest BCUT2D eigenvalue weighted by molar-refractivity contribution is 0.0814. The third kappa shape index (κ3) is 2.86. The molecule has 0 spiro atoms. The van der Waals surface area contributed by atoms with Crippen LogP contribution in [0.5, 0.6) is 0 Å². The van der Waals surface area contributed by atoms with E-state index in [0.717, 1.165) is 5.56 Å². The lowest BCUT2D eigenvalue weighted by atomic mass is 10.1. The van der Waals surface area contributed by atoms with Crippen LogP contribution >= 0.6 is 0 Å². The van der Waals surface area contributed by atoms with Gasteiger partial charge in [0.1, 0.15) is 0 Å². The Kier molecular flexibility index (Phi) is 3.92. The first kappa shape index (κ1) is 12.1. The Morgan fingerprint density at radius 1 is 1.00 bits per heavy atom. The van der Waals surface area contributed by atoms with Crippen LogP contribution in [0.4, 0.5) is 0 Å². The van der Waals surface area contributed by atoms with Gasteiger partial charge < -0.3 is 4.90 Å². The molecule has 0 radical (unpaired) electrons. The van der Waals surface area contributed by atoms with Crippen LogP contribution in [0.2, 0.25) is 0 Å². The number of amides is 1. The summed E-state index contributed by atoms with van der Waals surface area (Å²) in [6.07, 6.45) is 1.57. The van der Waals surface area contributed by atoms with Gasteiger partial charge in [-0.3, -0.25) is 4.79 Å². The fourth-order valence-corrected chi connectivity index (χ4v) is 1.75. The van der Waals surface area contributed by atoms with E-state index in [2.05, 4.69) is 6.58 Å². The van der Waals surface area contributed by atoms with Crippen molar-refractivity contribution in [2.24, 2.45) is 0 Å². The summed E-state index contributed by atoms with van der Waals surface area (Å²) in [5.41, 5.74) is 1.76. The Morgan fingerprint density at radius 2 is 1.56 bits per heavy atom. The fourth-order valence-electron chi connectivity index (χ4n) is 1.75. The monoisotopic (exact) mass is 237 g/mol. The summed E-state index contributed by atoms with van der Waals surface area (Å²) in [7, 11) is 0. The molecule has 18 heavy (non-hydrogen) atoms. The second-order valence-corrected chi connectivity index (χ2v) is 3.97. The normalized spacial score (nSPS) is 9.78. The highest BCUT2D eigenvalue weighted by Crippen LogP contribution is 2.10. The average molecular weight is 237 g/mol. The Hall–Kier alpha value is -2.35. The van der Waals surface area contributed by atoms with Gasteiger partial charge in [-0.25, -0.2) is 0 Å². The highest BCUT2D eigenvalue weighted by molar-refractivity contribution is 5.94. The molecule has 1 amide bonds. The molecule has 2 heteroatoms. The smallest absolute Gasteiger partial charge is 0.258 e. The predicted octanol–water partition coefficient (Wildman–Crippen LogP) is 3.47. The number of hydrogen-bond donors (Lipinski definition) is 0. The molecule has 0 bridgehead atoms. The molecule has 0 heterocycles. The summed E-state index contributed by atoms with van der Waals surface area (Å²) in [5, 5.41) is 0. The van der Waals surface area contributed by atoms with Gasteiger partial charge in [0.15, 0.2) is 0 Å². The number of rotatable bonds is 4. The summed E-state index contributed by atoms with van der Waals surface area (Å²) in [5.74, 6) is -0.0329. The highest BCUT2D eigenvalue weighted by Gasteiger charge is 2.12. The van der Waals surface area contributed by atoms with E-state index in [1.54, 1.807) is 11.1 Å². The number of nitrogens with zero attached hydrogens (tertiary/aromatic N) is 1. The molecule has 90 valence electrons. The molecule has 0 aromatic heterocycles. The van der Waals surface area contributed by atoms with Crippen molar-refractivity contribution in [3.8, 4) is 0 Å². The van der Waals surface area contributed by atoms with Crippen molar-refractivity contribution in [3.05, 3.63) is 84.6 Å². The van der Waals surface area contributed by atoms with Crippen LogP contribution in [0.25, 0.3) is 0 Å². The molecule has 0 saturated carbocycles. The zero-order valence-electron chi connectivity index (χ0n) is 10.1. The first-order chi connectivity index (χ1) is 8.81. The van der Waals surface area contributed by atoms with Crippen LogP contribution in [0.15, 0.2) is 73.4 Å². The van der Waals surface area contributed by atoms with Gasteiger partial charge in [0.2, 0.25) is 0 Å². The molecule has 0 unspecified atom stereocenters.